The molecule has 0 spiro atoms. The van der Waals surface area contributed by atoms with Crippen LogP contribution in [0.5, 0.6) is 0 Å². The summed E-state index contributed by atoms with van der Waals surface area (Å²) in [6.07, 6.45) is -0.504. The van der Waals surface area contributed by atoms with E-state index in [1.54, 1.807) is 20.8 Å². The first-order valence-electron chi connectivity index (χ1n) is 6.04. The van der Waals surface area contributed by atoms with Crippen molar-refractivity contribution in [2.45, 2.75) is 26.4 Å². The molecule has 0 saturated heterocycles. The van der Waals surface area contributed by atoms with E-state index in [-0.39, 0.29) is 10.0 Å². The van der Waals surface area contributed by atoms with Gasteiger partial charge in [0.25, 0.3) is 0 Å². The van der Waals surface area contributed by atoms with E-state index in [1.807, 2.05) is 0 Å². The number of carbonyl (C=O) groups excluding carboxylic acids is 1. The molecule has 0 radical (unpaired) electrons. The molecule has 112 valence electrons. The van der Waals surface area contributed by atoms with Crippen LogP contribution in [0.25, 0.3) is 0 Å². The lowest BCUT2D eigenvalue weighted by molar-refractivity contribution is 0.0530. The number of rotatable bonds is 4. The lowest BCUT2D eigenvalue weighted by atomic mass is 10.2. The average Bonchev–Trinajstić information content (AvgIpc) is 2.23. The van der Waals surface area contributed by atoms with Crippen molar-refractivity contribution in [1.82, 2.24) is 5.32 Å². The Morgan fingerprint density at radius 3 is 2.30 bits per heavy atom. The fourth-order valence-electron chi connectivity index (χ4n) is 1.38. The normalized spacial score (nSPS) is 11.1. The second-order valence-corrected chi connectivity index (χ2v) is 5.91. The number of hydrogen-bond acceptors (Lipinski definition) is 3. The van der Waals surface area contributed by atoms with Crippen LogP contribution >= 0.6 is 23.2 Å². The molecule has 0 aromatic heterocycles. The first-order valence-corrected chi connectivity index (χ1v) is 6.80. The molecule has 2 N–H and O–H groups in total. The zero-order valence-corrected chi connectivity index (χ0v) is 13.0. The monoisotopic (exact) mass is 322 g/mol. The lowest BCUT2D eigenvalue weighted by Crippen LogP contribution is -2.35. The van der Waals surface area contributed by atoms with Crippen molar-refractivity contribution in [2.75, 3.05) is 18.4 Å². The average molecular weight is 323 g/mol. The molecular weight excluding hydrogens is 306 g/mol. The molecule has 0 fully saturated rings. The summed E-state index contributed by atoms with van der Waals surface area (Å²) in [5.41, 5.74) is -0.109. The molecule has 1 rings (SSSR count). The Morgan fingerprint density at radius 1 is 1.25 bits per heavy atom. The number of anilines is 1. The molecule has 0 aliphatic carbocycles. The molecule has 7 heteroatoms. The van der Waals surface area contributed by atoms with Crippen LogP contribution in [0.3, 0.4) is 0 Å². The number of benzene rings is 1. The molecule has 0 heterocycles. The van der Waals surface area contributed by atoms with Crippen molar-refractivity contribution in [2.24, 2.45) is 0 Å². The molecule has 1 aromatic carbocycles. The largest absolute Gasteiger partial charge is 0.444 e. The number of amides is 1. The topological polar surface area (TPSA) is 50.4 Å². The molecule has 1 amide bonds. The summed E-state index contributed by atoms with van der Waals surface area (Å²) in [6.45, 7) is 6.04. The van der Waals surface area contributed by atoms with Crippen LogP contribution in [0.15, 0.2) is 12.1 Å². The highest BCUT2D eigenvalue weighted by molar-refractivity contribution is 6.39. The highest BCUT2D eigenvalue weighted by atomic mass is 35.5. The molecule has 0 aliphatic heterocycles. The van der Waals surface area contributed by atoms with Gasteiger partial charge in [0.05, 0.1) is 15.7 Å². The van der Waals surface area contributed by atoms with Crippen LogP contribution in [-0.2, 0) is 4.74 Å². The Hall–Kier alpha value is -1.20. The number of alkyl carbamates (subject to hydrolysis) is 1. The third-order valence-corrected chi connectivity index (χ3v) is 2.70. The first kappa shape index (κ1) is 16.9. The lowest BCUT2D eigenvalue weighted by Gasteiger charge is -2.19. The third-order valence-electron chi connectivity index (χ3n) is 2.10. The maximum Gasteiger partial charge on any atom is 0.407 e. The maximum atomic E-state index is 13.0. The molecule has 0 unspecified atom stereocenters. The van der Waals surface area contributed by atoms with Gasteiger partial charge in [0.15, 0.2) is 0 Å². The zero-order chi connectivity index (χ0) is 15.3. The Bertz CT molecular complexity index is 467. The van der Waals surface area contributed by atoms with Gasteiger partial charge in [-0.25, -0.2) is 9.18 Å². The van der Waals surface area contributed by atoms with Gasteiger partial charge in [0.1, 0.15) is 11.4 Å². The van der Waals surface area contributed by atoms with Crippen molar-refractivity contribution < 1.29 is 13.9 Å². The third kappa shape index (κ3) is 5.84. The molecule has 0 aliphatic rings. The highest BCUT2D eigenvalue weighted by Crippen LogP contribution is 2.30. The summed E-state index contributed by atoms with van der Waals surface area (Å²) in [4.78, 5) is 11.4. The van der Waals surface area contributed by atoms with Crippen LogP contribution in [-0.4, -0.2) is 24.8 Å². The summed E-state index contributed by atoms with van der Waals surface area (Å²) in [6, 6.07) is 2.33. The Kier molecular flexibility index (Phi) is 5.89. The first-order chi connectivity index (χ1) is 9.19. The minimum Gasteiger partial charge on any atom is -0.444 e. The van der Waals surface area contributed by atoms with Crippen molar-refractivity contribution in [3.8, 4) is 0 Å². The molecule has 4 nitrogen and oxygen atoms in total. The molecule has 20 heavy (non-hydrogen) atoms. The Morgan fingerprint density at radius 2 is 1.80 bits per heavy atom. The Labute approximate surface area is 127 Å². The molecule has 0 saturated carbocycles. The van der Waals surface area contributed by atoms with E-state index in [0.29, 0.717) is 18.8 Å². The number of halogens is 3. The fourth-order valence-corrected chi connectivity index (χ4v) is 1.97. The van der Waals surface area contributed by atoms with E-state index in [1.165, 1.54) is 0 Å². The van der Waals surface area contributed by atoms with Crippen LogP contribution in [0.1, 0.15) is 20.8 Å². The zero-order valence-electron chi connectivity index (χ0n) is 11.5. The SMILES string of the molecule is CC(C)(C)OC(=O)NCCNc1c(Cl)cc(F)cc1Cl. The number of ether oxygens (including phenoxy) is 1. The predicted octanol–water partition coefficient (Wildman–Crippen LogP) is 4.07. The minimum absolute atomic E-state index is 0.187. The second-order valence-electron chi connectivity index (χ2n) is 5.10. The van der Waals surface area contributed by atoms with E-state index in [2.05, 4.69) is 10.6 Å². The van der Waals surface area contributed by atoms with Crippen molar-refractivity contribution in [1.29, 1.82) is 0 Å². The summed E-state index contributed by atoms with van der Waals surface area (Å²) in [5.74, 6) is -0.502. The second kappa shape index (κ2) is 6.99. The van der Waals surface area contributed by atoms with Gasteiger partial charge in [-0.05, 0) is 32.9 Å². The number of hydrogen-bond donors (Lipinski definition) is 2. The standard InChI is InChI=1S/C13H17Cl2FN2O2/c1-13(2,3)20-12(19)18-5-4-17-11-9(14)6-8(16)7-10(11)15/h6-7,17H,4-5H2,1-3H3,(H,18,19). The van der Waals surface area contributed by atoms with E-state index in [0.717, 1.165) is 12.1 Å². The summed E-state index contributed by atoms with van der Waals surface area (Å²) in [5, 5.41) is 5.88. The molecular formula is C13H17Cl2FN2O2. The molecule has 0 atom stereocenters. The van der Waals surface area contributed by atoms with Gasteiger partial charge in [-0.2, -0.15) is 0 Å². The van der Waals surface area contributed by atoms with E-state index < -0.39 is 17.5 Å². The number of carbonyl (C=O) groups is 1. The maximum absolute atomic E-state index is 13.0. The molecule has 1 aromatic rings. The highest BCUT2D eigenvalue weighted by Gasteiger charge is 2.15. The summed E-state index contributed by atoms with van der Waals surface area (Å²) in [7, 11) is 0. The van der Waals surface area contributed by atoms with Gasteiger partial charge < -0.3 is 15.4 Å². The summed E-state index contributed by atoms with van der Waals surface area (Å²) < 4.78 is 18.1. The van der Waals surface area contributed by atoms with Gasteiger partial charge in [-0.15, -0.1) is 0 Å². The number of nitrogens with one attached hydrogen (secondary N) is 2. The van der Waals surface area contributed by atoms with E-state index >= 15 is 0 Å². The summed E-state index contributed by atoms with van der Waals surface area (Å²) >= 11 is 11.7. The van der Waals surface area contributed by atoms with Crippen LogP contribution < -0.4 is 10.6 Å². The van der Waals surface area contributed by atoms with Gasteiger partial charge >= 0.3 is 6.09 Å². The Balaban J connectivity index is 2.41. The quantitative estimate of drug-likeness (QED) is 0.821. The predicted molar refractivity (Wildman–Crippen MR) is 79.1 cm³/mol. The minimum atomic E-state index is -0.541. The van der Waals surface area contributed by atoms with Gasteiger partial charge in [0.2, 0.25) is 0 Å². The fraction of sp³-hybridized carbons (Fsp3) is 0.462. The van der Waals surface area contributed by atoms with Crippen LogP contribution in [0.2, 0.25) is 10.0 Å². The van der Waals surface area contributed by atoms with Gasteiger partial charge in [-0.1, -0.05) is 23.2 Å². The smallest absolute Gasteiger partial charge is 0.407 e. The van der Waals surface area contributed by atoms with Crippen molar-refractivity contribution in [3.05, 3.63) is 28.0 Å². The van der Waals surface area contributed by atoms with Crippen LogP contribution in [0.4, 0.5) is 14.9 Å². The van der Waals surface area contributed by atoms with Crippen molar-refractivity contribution in [3.63, 3.8) is 0 Å². The van der Waals surface area contributed by atoms with Crippen LogP contribution in [0, 0.1) is 5.82 Å². The van der Waals surface area contributed by atoms with Crippen molar-refractivity contribution >= 4 is 35.0 Å². The van der Waals surface area contributed by atoms with Gasteiger partial charge in [-0.3, -0.25) is 0 Å². The van der Waals surface area contributed by atoms with E-state index in [4.69, 9.17) is 27.9 Å². The molecule has 0 bridgehead atoms. The van der Waals surface area contributed by atoms with E-state index in [9.17, 15) is 9.18 Å². The van der Waals surface area contributed by atoms with Gasteiger partial charge in [0, 0.05) is 13.1 Å².